The lowest BCUT2D eigenvalue weighted by Gasteiger charge is -2.42. The summed E-state index contributed by atoms with van der Waals surface area (Å²) < 4.78 is 0. The Morgan fingerprint density at radius 2 is 1.81 bits per heavy atom. The topological polar surface area (TPSA) is 77.8 Å². The van der Waals surface area contributed by atoms with Gasteiger partial charge in [0, 0.05) is 12.1 Å². The van der Waals surface area contributed by atoms with E-state index >= 15 is 0 Å². The van der Waals surface area contributed by atoms with E-state index in [0.717, 1.165) is 38.0 Å². The van der Waals surface area contributed by atoms with Crippen LogP contribution in [0.5, 0.6) is 0 Å². The van der Waals surface area contributed by atoms with E-state index < -0.39 is 17.4 Å². The highest BCUT2D eigenvalue weighted by molar-refractivity contribution is 5.90. The molecule has 1 aromatic carbocycles. The van der Waals surface area contributed by atoms with Gasteiger partial charge in [0.05, 0.1) is 5.41 Å². The largest absolute Gasteiger partial charge is 0.481 e. The number of carbonyl (C=O) groups is 2. The van der Waals surface area contributed by atoms with Gasteiger partial charge in [0.25, 0.3) is 0 Å². The maximum Gasteiger partial charge on any atom is 0.331 e. The summed E-state index contributed by atoms with van der Waals surface area (Å²) in [6, 6.07) is 10.2. The Hall–Kier alpha value is -2.40. The van der Waals surface area contributed by atoms with Gasteiger partial charge < -0.3 is 10.2 Å². The van der Waals surface area contributed by atoms with Gasteiger partial charge in [-0.2, -0.15) is 0 Å². The molecule has 1 aliphatic heterocycles. The highest BCUT2D eigenvalue weighted by Crippen LogP contribution is 2.45. The third-order valence-corrected chi connectivity index (χ3v) is 5.61. The van der Waals surface area contributed by atoms with Crippen molar-refractivity contribution in [3.05, 3.63) is 59.2 Å². The Kier molecular flexibility index (Phi) is 5.28. The van der Waals surface area contributed by atoms with E-state index in [1.165, 1.54) is 5.56 Å². The molecule has 138 valence electrons. The van der Waals surface area contributed by atoms with E-state index in [-0.39, 0.29) is 17.9 Å². The van der Waals surface area contributed by atoms with Crippen LogP contribution in [0.2, 0.25) is 0 Å². The van der Waals surface area contributed by atoms with Gasteiger partial charge in [-0.05, 0) is 56.8 Å². The smallest absolute Gasteiger partial charge is 0.331 e. The van der Waals surface area contributed by atoms with Crippen LogP contribution in [0.1, 0.15) is 31.7 Å². The van der Waals surface area contributed by atoms with Gasteiger partial charge in [0.1, 0.15) is 0 Å². The lowest BCUT2D eigenvalue weighted by molar-refractivity contribution is -0.150. The molecule has 3 rings (SSSR count). The summed E-state index contributed by atoms with van der Waals surface area (Å²) in [5.41, 5.74) is 1.07. The third kappa shape index (κ3) is 3.73. The van der Waals surface area contributed by atoms with E-state index in [2.05, 4.69) is 17.0 Å². The van der Waals surface area contributed by atoms with Crippen LogP contribution >= 0.6 is 0 Å². The Balaban J connectivity index is 1.73. The lowest BCUT2D eigenvalue weighted by Crippen LogP contribution is -2.45. The van der Waals surface area contributed by atoms with Crippen molar-refractivity contribution in [3.8, 4) is 0 Å². The quantitative estimate of drug-likeness (QED) is 0.847. The molecular weight excluding hydrogens is 330 g/mol. The summed E-state index contributed by atoms with van der Waals surface area (Å²) in [6.07, 6.45) is 4.96. The number of nitrogens with zero attached hydrogens (tertiary/aromatic N) is 1. The molecule has 1 aromatic rings. The van der Waals surface area contributed by atoms with Crippen molar-refractivity contribution in [1.82, 2.24) is 4.90 Å². The van der Waals surface area contributed by atoms with Gasteiger partial charge in [0.15, 0.2) is 0 Å². The van der Waals surface area contributed by atoms with Crippen molar-refractivity contribution < 1.29 is 19.8 Å². The van der Waals surface area contributed by atoms with Crippen molar-refractivity contribution >= 4 is 11.9 Å². The number of rotatable bonds is 5. The van der Waals surface area contributed by atoms with E-state index in [1.54, 1.807) is 19.1 Å². The Bertz CT molecular complexity index is 745. The van der Waals surface area contributed by atoms with Gasteiger partial charge in [0.2, 0.25) is 0 Å². The summed E-state index contributed by atoms with van der Waals surface area (Å²) in [5.74, 6) is -1.99. The van der Waals surface area contributed by atoms with E-state index in [0.29, 0.717) is 0 Å². The van der Waals surface area contributed by atoms with Gasteiger partial charge in [-0.1, -0.05) is 42.0 Å². The molecule has 1 saturated heterocycles. The molecule has 1 atom stereocenters. The molecule has 2 N–H and O–H groups in total. The molecule has 5 nitrogen and oxygen atoms in total. The minimum absolute atomic E-state index is 0.0509. The average molecular weight is 355 g/mol. The predicted octanol–water partition coefficient (Wildman–Crippen LogP) is 3.33. The minimum Gasteiger partial charge on any atom is -0.481 e. The average Bonchev–Trinajstić information content (AvgIpc) is 2.62. The van der Waals surface area contributed by atoms with E-state index in [9.17, 15) is 19.8 Å². The first-order chi connectivity index (χ1) is 12.4. The van der Waals surface area contributed by atoms with Gasteiger partial charge in [-0.3, -0.25) is 9.69 Å². The highest BCUT2D eigenvalue weighted by Gasteiger charge is 2.47. The first-order valence-electron chi connectivity index (χ1n) is 9.04. The number of carboxylic acid groups (broad SMARTS) is 2. The maximum absolute atomic E-state index is 12.2. The minimum atomic E-state index is -1.11. The number of aliphatic carboxylic acids is 2. The SMILES string of the molecule is CC1=CC(C(=O)O)(C2CCN(Cc3ccccc3)CC2)CC(C(=O)O)=C1. The summed E-state index contributed by atoms with van der Waals surface area (Å²) in [5, 5.41) is 19.4. The van der Waals surface area contributed by atoms with Crippen LogP contribution < -0.4 is 0 Å². The van der Waals surface area contributed by atoms with E-state index in [4.69, 9.17) is 0 Å². The molecule has 0 radical (unpaired) electrons. The van der Waals surface area contributed by atoms with Gasteiger partial charge in [-0.15, -0.1) is 0 Å². The third-order valence-electron chi connectivity index (χ3n) is 5.61. The molecule has 0 spiro atoms. The molecule has 1 heterocycles. The summed E-state index contributed by atoms with van der Waals surface area (Å²) in [4.78, 5) is 26.0. The van der Waals surface area contributed by atoms with Crippen LogP contribution in [0.25, 0.3) is 0 Å². The van der Waals surface area contributed by atoms with Crippen molar-refractivity contribution in [1.29, 1.82) is 0 Å². The normalized spacial score (nSPS) is 24.7. The summed E-state index contributed by atoms with van der Waals surface area (Å²) in [6.45, 7) is 4.30. The predicted molar refractivity (Wildman–Crippen MR) is 98.6 cm³/mol. The van der Waals surface area contributed by atoms with Crippen LogP contribution in [0.4, 0.5) is 0 Å². The molecule has 26 heavy (non-hydrogen) atoms. The second-order valence-electron chi connectivity index (χ2n) is 7.42. The summed E-state index contributed by atoms with van der Waals surface area (Å²) in [7, 11) is 0. The maximum atomic E-state index is 12.2. The van der Waals surface area contributed by atoms with Crippen molar-refractivity contribution in [3.63, 3.8) is 0 Å². The molecule has 1 fully saturated rings. The molecule has 0 amide bonds. The number of likely N-dealkylation sites (tertiary alicyclic amines) is 1. The monoisotopic (exact) mass is 355 g/mol. The van der Waals surface area contributed by atoms with Crippen LogP contribution in [-0.2, 0) is 16.1 Å². The molecule has 0 aromatic heterocycles. The zero-order chi connectivity index (χ0) is 18.7. The Labute approximate surface area is 153 Å². The molecule has 1 unspecified atom stereocenters. The lowest BCUT2D eigenvalue weighted by atomic mass is 9.64. The number of hydrogen-bond donors (Lipinski definition) is 2. The Morgan fingerprint density at radius 3 is 2.38 bits per heavy atom. The molecule has 0 bridgehead atoms. The standard InChI is InChI=1S/C21H25NO4/c1-15-11-17(19(23)24)13-21(12-15,20(25)26)18-7-9-22(10-8-18)14-16-5-3-2-4-6-16/h2-6,11-12,18H,7-10,13-14H2,1H3,(H,23,24)(H,25,26). The molecular formula is C21H25NO4. The summed E-state index contributed by atoms with van der Waals surface area (Å²) >= 11 is 0. The van der Waals surface area contributed by atoms with Crippen molar-refractivity contribution in [2.75, 3.05) is 13.1 Å². The molecule has 1 aliphatic carbocycles. The number of piperidine rings is 1. The van der Waals surface area contributed by atoms with Crippen LogP contribution in [0.3, 0.4) is 0 Å². The number of allylic oxidation sites excluding steroid dienone is 2. The molecule has 5 heteroatoms. The zero-order valence-corrected chi connectivity index (χ0v) is 15.0. The molecule has 0 saturated carbocycles. The van der Waals surface area contributed by atoms with Crippen molar-refractivity contribution in [2.24, 2.45) is 11.3 Å². The number of hydrogen-bond acceptors (Lipinski definition) is 3. The molecule has 2 aliphatic rings. The van der Waals surface area contributed by atoms with Crippen molar-refractivity contribution in [2.45, 2.75) is 32.7 Å². The highest BCUT2D eigenvalue weighted by atomic mass is 16.4. The second-order valence-corrected chi connectivity index (χ2v) is 7.42. The number of benzene rings is 1. The number of carboxylic acids is 2. The first kappa shape index (κ1) is 18.4. The van der Waals surface area contributed by atoms with Crippen LogP contribution in [0, 0.1) is 11.3 Å². The fourth-order valence-corrected chi connectivity index (χ4v) is 4.30. The zero-order valence-electron chi connectivity index (χ0n) is 15.0. The fraction of sp³-hybridized carbons (Fsp3) is 0.429. The van der Waals surface area contributed by atoms with Gasteiger partial charge >= 0.3 is 11.9 Å². The fourth-order valence-electron chi connectivity index (χ4n) is 4.30. The van der Waals surface area contributed by atoms with Crippen LogP contribution in [-0.4, -0.2) is 40.1 Å². The van der Waals surface area contributed by atoms with Crippen LogP contribution in [0.15, 0.2) is 53.6 Å². The second kappa shape index (κ2) is 7.46. The first-order valence-corrected chi connectivity index (χ1v) is 9.04. The Morgan fingerprint density at radius 1 is 1.15 bits per heavy atom. The van der Waals surface area contributed by atoms with Gasteiger partial charge in [-0.25, -0.2) is 4.79 Å². The van der Waals surface area contributed by atoms with E-state index in [1.807, 2.05) is 18.2 Å².